The third kappa shape index (κ3) is 14.7. The Morgan fingerprint density at radius 2 is 0.933 bits per heavy atom. The largest absolute Gasteiger partial charge is 0.463 e. The van der Waals surface area contributed by atoms with Crippen LogP contribution in [0.4, 0.5) is 0 Å². The quantitative estimate of drug-likeness (QED) is 0.180. The summed E-state index contributed by atoms with van der Waals surface area (Å²) in [4.78, 5) is 23.3. The molecule has 0 heterocycles. The lowest BCUT2D eigenvalue weighted by Crippen LogP contribution is -2.48. The standard InChI is InChI=1S/C22H42O8/c1-3-5-7-9-11-13-19(25)29-15-17(23)21(27)22(28)18(24)16-30-20(26)14-12-10-8-6-4-2/h17-18,21-24,27-28H,3-16H2,1-2H3/t17-,18-,21-,22-/m0/s1. The number of aliphatic hydroxyl groups excluding tert-OH is 4. The molecule has 0 aromatic carbocycles. The van der Waals surface area contributed by atoms with Crippen LogP contribution in [-0.4, -0.2) is 70.0 Å². The zero-order valence-electron chi connectivity index (χ0n) is 18.6. The van der Waals surface area contributed by atoms with Crippen LogP contribution in [0.2, 0.25) is 0 Å². The van der Waals surface area contributed by atoms with Crippen molar-refractivity contribution in [3.63, 3.8) is 0 Å². The first-order valence-electron chi connectivity index (χ1n) is 11.4. The normalized spacial score (nSPS) is 15.3. The first-order chi connectivity index (χ1) is 14.3. The van der Waals surface area contributed by atoms with E-state index in [-0.39, 0.29) is 12.8 Å². The summed E-state index contributed by atoms with van der Waals surface area (Å²) in [5.41, 5.74) is 0. The fourth-order valence-electron chi connectivity index (χ4n) is 2.90. The molecule has 0 fully saturated rings. The molecule has 0 aromatic rings. The van der Waals surface area contributed by atoms with Gasteiger partial charge in [-0.15, -0.1) is 0 Å². The minimum atomic E-state index is -1.75. The summed E-state index contributed by atoms with van der Waals surface area (Å²) in [5, 5.41) is 39.7. The monoisotopic (exact) mass is 434 g/mol. The maximum atomic E-state index is 11.6. The van der Waals surface area contributed by atoms with Gasteiger partial charge in [-0.2, -0.15) is 0 Å². The predicted octanol–water partition coefficient (Wildman–Crippen LogP) is 2.24. The molecule has 0 aromatic heterocycles. The average Bonchev–Trinajstić information content (AvgIpc) is 2.74. The molecule has 8 heteroatoms. The molecule has 0 aliphatic rings. The summed E-state index contributed by atoms with van der Waals surface area (Å²) >= 11 is 0. The highest BCUT2D eigenvalue weighted by Crippen LogP contribution is 2.10. The van der Waals surface area contributed by atoms with Gasteiger partial charge in [0.15, 0.2) is 0 Å². The number of hydrogen-bond donors (Lipinski definition) is 4. The molecular formula is C22H42O8. The number of hydrogen-bond acceptors (Lipinski definition) is 8. The second-order valence-electron chi connectivity index (χ2n) is 7.81. The third-order valence-corrected chi connectivity index (χ3v) is 4.94. The van der Waals surface area contributed by atoms with Crippen molar-refractivity contribution in [2.45, 2.75) is 115 Å². The molecule has 4 N–H and O–H groups in total. The highest BCUT2D eigenvalue weighted by molar-refractivity contribution is 5.69. The van der Waals surface area contributed by atoms with Crippen molar-refractivity contribution in [3.05, 3.63) is 0 Å². The Morgan fingerprint density at radius 3 is 1.27 bits per heavy atom. The van der Waals surface area contributed by atoms with Gasteiger partial charge in [-0.05, 0) is 12.8 Å². The van der Waals surface area contributed by atoms with Crippen molar-refractivity contribution in [2.75, 3.05) is 13.2 Å². The predicted molar refractivity (Wildman–Crippen MR) is 113 cm³/mol. The molecule has 4 atom stereocenters. The first kappa shape index (κ1) is 28.8. The lowest BCUT2D eigenvalue weighted by molar-refractivity contribution is -0.162. The van der Waals surface area contributed by atoms with E-state index in [9.17, 15) is 30.0 Å². The average molecular weight is 435 g/mol. The highest BCUT2D eigenvalue weighted by Gasteiger charge is 2.31. The maximum Gasteiger partial charge on any atom is 0.305 e. The zero-order valence-corrected chi connectivity index (χ0v) is 18.6. The molecule has 0 rings (SSSR count). The van der Waals surface area contributed by atoms with E-state index >= 15 is 0 Å². The maximum absolute atomic E-state index is 11.6. The van der Waals surface area contributed by atoms with Gasteiger partial charge in [0.2, 0.25) is 0 Å². The second kappa shape index (κ2) is 18.5. The number of rotatable bonds is 19. The smallest absolute Gasteiger partial charge is 0.305 e. The van der Waals surface area contributed by atoms with E-state index < -0.39 is 49.6 Å². The minimum absolute atomic E-state index is 0.228. The lowest BCUT2D eigenvalue weighted by Gasteiger charge is -2.26. The molecule has 0 aliphatic carbocycles. The van der Waals surface area contributed by atoms with Gasteiger partial charge in [0.25, 0.3) is 0 Å². The summed E-state index contributed by atoms with van der Waals surface area (Å²) in [7, 11) is 0. The van der Waals surface area contributed by atoms with Gasteiger partial charge in [0, 0.05) is 12.8 Å². The van der Waals surface area contributed by atoms with E-state index in [0.29, 0.717) is 12.8 Å². The van der Waals surface area contributed by atoms with Crippen LogP contribution in [-0.2, 0) is 19.1 Å². The van der Waals surface area contributed by atoms with Crippen molar-refractivity contribution in [1.29, 1.82) is 0 Å². The molecule has 0 unspecified atom stereocenters. The topological polar surface area (TPSA) is 134 Å². The van der Waals surface area contributed by atoms with Crippen molar-refractivity contribution < 1.29 is 39.5 Å². The van der Waals surface area contributed by atoms with Crippen LogP contribution >= 0.6 is 0 Å². The van der Waals surface area contributed by atoms with Gasteiger partial charge in [0.1, 0.15) is 37.6 Å². The third-order valence-electron chi connectivity index (χ3n) is 4.94. The molecule has 0 bridgehead atoms. The van der Waals surface area contributed by atoms with Crippen LogP contribution in [0.3, 0.4) is 0 Å². The zero-order chi connectivity index (χ0) is 22.8. The van der Waals surface area contributed by atoms with Crippen LogP contribution in [0.25, 0.3) is 0 Å². The molecule has 0 saturated heterocycles. The summed E-state index contributed by atoms with van der Waals surface area (Å²) in [6.07, 6.45) is 3.66. The molecule has 0 spiro atoms. The molecule has 178 valence electrons. The number of carbonyl (C=O) groups excluding carboxylic acids is 2. The summed E-state index contributed by atoms with van der Waals surface area (Å²) < 4.78 is 9.81. The molecule has 0 radical (unpaired) electrons. The van der Waals surface area contributed by atoms with Crippen molar-refractivity contribution in [2.24, 2.45) is 0 Å². The number of ether oxygens (including phenoxy) is 2. The Kier molecular flexibility index (Phi) is 17.8. The van der Waals surface area contributed by atoms with Gasteiger partial charge in [-0.1, -0.05) is 65.2 Å². The molecule has 0 amide bonds. The van der Waals surface area contributed by atoms with Gasteiger partial charge in [0.05, 0.1) is 0 Å². The van der Waals surface area contributed by atoms with E-state index in [0.717, 1.165) is 51.4 Å². The molecular weight excluding hydrogens is 392 g/mol. The Bertz CT molecular complexity index is 403. The SMILES string of the molecule is CCCCCCCC(=O)OC[C@H](O)[C@H](O)[C@@H](O)[C@@H](O)COC(=O)CCCCCCC. The molecule has 0 aliphatic heterocycles. The van der Waals surface area contributed by atoms with Gasteiger partial charge in [-0.25, -0.2) is 0 Å². The molecule has 8 nitrogen and oxygen atoms in total. The Morgan fingerprint density at radius 1 is 0.600 bits per heavy atom. The van der Waals surface area contributed by atoms with Crippen LogP contribution in [0.5, 0.6) is 0 Å². The summed E-state index contributed by atoms with van der Waals surface area (Å²) in [6, 6.07) is 0. The Labute approximate surface area is 180 Å². The van der Waals surface area contributed by atoms with E-state index in [1.165, 1.54) is 0 Å². The summed E-state index contributed by atoms with van der Waals surface area (Å²) in [5.74, 6) is -0.971. The Hall–Kier alpha value is -1.22. The van der Waals surface area contributed by atoms with E-state index in [2.05, 4.69) is 13.8 Å². The van der Waals surface area contributed by atoms with Gasteiger partial charge >= 0.3 is 11.9 Å². The summed E-state index contributed by atoms with van der Waals surface area (Å²) in [6.45, 7) is 3.23. The second-order valence-corrected chi connectivity index (χ2v) is 7.81. The number of carbonyl (C=O) groups is 2. The van der Waals surface area contributed by atoms with E-state index in [1.807, 2.05) is 0 Å². The van der Waals surface area contributed by atoms with E-state index in [1.54, 1.807) is 0 Å². The number of esters is 2. The van der Waals surface area contributed by atoms with Crippen LogP contribution in [0.15, 0.2) is 0 Å². The van der Waals surface area contributed by atoms with Crippen LogP contribution in [0, 0.1) is 0 Å². The van der Waals surface area contributed by atoms with E-state index in [4.69, 9.17) is 9.47 Å². The van der Waals surface area contributed by atoms with Crippen molar-refractivity contribution in [3.8, 4) is 0 Å². The Balaban J connectivity index is 4.02. The molecule has 0 saturated carbocycles. The van der Waals surface area contributed by atoms with Crippen LogP contribution in [0.1, 0.15) is 90.9 Å². The molecule has 30 heavy (non-hydrogen) atoms. The van der Waals surface area contributed by atoms with Crippen LogP contribution < -0.4 is 0 Å². The number of unbranched alkanes of at least 4 members (excludes halogenated alkanes) is 8. The minimum Gasteiger partial charge on any atom is -0.463 e. The van der Waals surface area contributed by atoms with Gasteiger partial charge < -0.3 is 29.9 Å². The fourth-order valence-corrected chi connectivity index (χ4v) is 2.90. The van der Waals surface area contributed by atoms with Crippen molar-refractivity contribution in [1.82, 2.24) is 0 Å². The highest BCUT2D eigenvalue weighted by atomic mass is 16.5. The van der Waals surface area contributed by atoms with Crippen molar-refractivity contribution >= 4 is 11.9 Å². The number of aliphatic hydroxyl groups is 4. The lowest BCUT2D eigenvalue weighted by atomic mass is 10.0. The first-order valence-corrected chi connectivity index (χ1v) is 11.4. The van der Waals surface area contributed by atoms with Gasteiger partial charge in [-0.3, -0.25) is 9.59 Å². The fraction of sp³-hybridized carbons (Fsp3) is 0.909.